The van der Waals surface area contributed by atoms with Gasteiger partial charge < -0.3 is 4.74 Å². The fourth-order valence-corrected chi connectivity index (χ4v) is 2.49. The van der Waals surface area contributed by atoms with Crippen LogP contribution in [0.1, 0.15) is 44.6 Å². The smallest absolute Gasteiger partial charge is 0.147 e. The minimum Gasteiger partial charge on any atom is -0.494 e. The van der Waals surface area contributed by atoms with Crippen LogP contribution < -0.4 is 4.74 Å². The Labute approximate surface area is 142 Å². The van der Waals surface area contributed by atoms with Crippen molar-refractivity contribution in [3.63, 3.8) is 0 Å². The Morgan fingerprint density at radius 1 is 1.04 bits per heavy atom. The molecule has 0 fully saturated rings. The van der Waals surface area contributed by atoms with Gasteiger partial charge in [0.15, 0.2) is 0 Å². The van der Waals surface area contributed by atoms with Gasteiger partial charge in [0.25, 0.3) is 0 Å². The maximum Gasteiger partial charge on any atom is 0.147 e. The lowest BCUT2D eigenvalue weighted by Crippen LogP contribution is -1.97. The van der Waals surface area contributed by atoms with Crippen molar-refractivity contribution >= 4 is 11.6 Å². The van der Waals surface area contributed by atoms with E-state index in [-0.39, 0.29) is 5.15 Å². The van der Waals surface area contributed by atoms with E-state index in [1.807, 2.05) is 30.3 Å². The number of halogens is 1. The van der Waals surface area contributed by atoms with E-state index in [4.69, 9.17) is 21.6 Å². The average Bonchev–Trinajstić information content (AvgIpc) is 2.58. The summed E-state index contributed by atoms with van der Waals surface area (Å²) in [6.45, 7) is 2.97. The number of nitriles is 1. The molecule has 0 saturated carbocycles. The van der Waals surface area contributed by atoms with Gasteiger partial charge in [-0.1, -0.05) is 44.2 Å². The highest BCUT2D eigenvalue weighted by Crippen LogP contribution is 2.23. The van der Waals surface area contributed by atoms with Crippen molar-refractivity contribution in [2.45, 2.75) is 39.0 Å². The molecule has 0 aliphatic rings. The predicted octanol–water partition coefficient (Wildman–Crippen LogP) is 5.62. The van der Waals surface area contributed by atoms with Crippen LogP contribution in [0.4, 0.5) is 0 Å². The summed E-state index contributed by atoms with van der Waals surface area (Å²) in [6.07, 6.45) is 6.16. The van der Waals surface area contributed by atoms with Gasteiger partial charge >= 0.3 is 0 Å². The molecule has 1 heterocycles. The van der Waals surface area contributed by atoms with Gasteiger partial charge in [0.05, 0.1) is 17.9 Å². The van der Waals surface area contributed by atoms with Crippen molar-refractivity contribution in [2.24, 2.45) is 0 Å². The zero-order valence-corrected chi connectivity index (χ0v) is 14.1. The van der Waals surface area contributed by atoms with E-state index in [1.54, 1.807) is 12.1 Å². The monoisotopic (exact) mass is 328 g/mol. The molecule has 2 rings (SSSR count). The molecule has 1 aromatic carbocycles. The van der Waals surface area contributed by atoms with Crippen molar-refractivity contribution in [3.05, 3.63) is 47.1 Å². The summed E-state index contributed by atoms with van der Waals surface area (Å²) >= 11 is 5.97. The Kier molecular flexibility index (Phi) is 6.90. The van der Waals surface area contributed by atoms with Crippen molar-refractivity contribution < 1.29 is 4.74 Å². The van der Waals surface area contributed by atoms with Gasteiger partial charge in [-0.15, -0.1) is 0 Å². The Hall–Kier alpha value is -2.05. The Balaban J connectivity index is 1.89. The fourth-order valence-electron chi connectivity index (χ4n) is 2.30. The van der Waals surface area contributed by atoms with Crippen LogP contribution in [-0.2, 0) is 0 Å². The lowest BCUT2D eigenvalue weighted by molar-refractivity contribution is 0.304. The van der Waals surface area contributed by atoms with Crippen molar-refractivity contribution in [3.8, 4) is 23.1 Å². The van der Waals surface area contributed by atoms with E-state index in [0.717, 1.165) is 30.0 Å². The van der Waals surface area contributed by atoms with Crippen LogP contribution in [0.3, 0.4) is 0 Å². The Morgan fingerprint density at radius 3 is 2.43 bits per heavy atom. The number of nitrogens with zero attached hydrogens (tertiary/aromatic N) is 2. The molecule has 0 saturated heterocycles. The van der Waals surface area contributed by atoms with E-state index in [0.29, 0.717) is 5.56 Å². The van der Waals surface area contributed by atoms with Crippen molar-refractivity contribution in [1.29, 1.82) is 5.26 Å². The molecule has 2 aromatic rings. The Bertz CT molecular complexity index is 662. The summed E-state index contributed by atoms with van der Waals surface area (Å²) in [6, 6.07) is 13.3. The quantitative estimate of drug-likeness (QED) is 0.466. The SMILES string of the molecule is CCCCCCCOc1ccc(-c2ccc(C#N)c(Cl)n2)cc1. The first kappa shape index (κ1) is 17.3. The van der Waals surface area contributed by atoms with Crippen LogP contribution >= 0.6 is 11.6 Å². The number of aromatic nitrogens is 1. The number of ether oxygens (including phenoxy) is 1. The van der Waals surface area contributed by atoms with Gasteiger partial charge in [0.1, 0.15) is 17.0 Å². The van der Waals surface area contributed by atoms with Gasteiger partial charge in [-0.3, -0.25) is 0 Å². The summed E-state index contributed by atoms with van der Waals surface area (Å²) in [5.41, 5.74) is 2.09. The zero-order valence-electron chi connectivity index (χ0n) is 13.4. The molecular formula is C19H21ClN2O. The number of pyridine rings is 1. The molecule has 0 spiro atoms. The van der Waals surface area contributed by atoms with E-state index in [9.17, 15) is 0 Å². The second-order valence-corrected chi connectivity index (χ2v) is 5.79. The second kappa shape index (κ2) is 9.17. The molecule has 120 valence electrons. The molecule has 0 aliphatic heterocycles. The highest BCUT2D eigenvalue weighted by Gasteiger charge is 2.05. The lowest BCUT2D eigenvalue weighted by atomic mass is 10.1. The van der Waals surface area contributed by atoms with E-state index >= 15 is 0 Å². The minimum atomic E-state index is 0.234. The third kappa shape index (κ3) is 5.26. The maximum absolute atomic E-state index is 8.88. The molecule has 1 aromatic heterocycles. The third-order valence-corrected chi connectivity index (χ3v) is 3.92. The van der Waals surface area contributed by atoms with Gasteiger partial charge in [0, 0.05) is 5.56 Å². The summed E-state index contributed by atoms with van der Waals surface area (Å²) in [7, 11) is 0. The molecule has 3 nitrogen and oxygen atoms in total. The largest absolute Gasteiger partial charge is 0.494 e. The van der Waals surface area contributed by atoms with Gasteiger partial charge in [0.2, 0.25) is 0 Å². The molecule has 0 amide bonds. The van der Waals surface area contributed by atoms with E-state index in [2.05, 4.69) is 11.9 Å². The minimum absolute atomic E-state index is 0.234. The molecular weight excluding hydrogens is 308 g/mol. The molecule has 0 N–H and O–H groups in total. The standard InChI is InChI=1S/C19H21ClN2O/c1-2-3-4-5-6-13-23-17-10-7-15(8-11-17)18-12-9-16(14-21)19(20)22-18/h7-12H,2-6,13H2,1H3. The summed E-state index contributed by atoms with van der Waals surface area (Å²) in [4.78, 5) is 4.25. The summed E-state index contributed by atoms with van der Waals surface area (Å²) < 4.78 is 5.75. The normalized spacial score (nSPS) is 10.3. The first-order chi connectivity index (χ1) is 11.2. The van der Waals surface area contributed by atoms with Crippen LogP contribution in [0.5, 0.6) is 5.75 Å². The van der Waals surface area contributed by atoms with Crippen LogP contribution in [0.2, 0.25) is 5.15 Å². The highest BCUT2D eigenvalue weighted by atomic mass is 35.5. The topological polar surface area (TPSA) is 45.9 Å². The molecule has 23 heavy (non-hydrogen) atoms. The fraction of sp³-hybridized carbons (Fsp3) is 0.368. The molecule has 4 heteroatoms. The van der Waals surface area contributed by atoms with Crippen molar-refractivity contribution in [2.75, 3.05) is 6.61 Å². The maximum atomic E-state index is 8.88. The van der Waals surface area contributed by atoms with Crippen LogP contribution in [0.25, 0.3) is 11.3 Å². The second-order valence-electron chi connectivity index (χ2n) is 5.43. The molecule has 0 bridgehead atoms. The van der Waals surface area contributed by atoms with Crippen LogP contribution in [0, 0.1) is 11.3 Å². The number of hydrogen-bond donors (Lipinski definition) is 0. The number of rotatable bonds is 8. The third-order valence-electron chi connectivity index (χ3n) is 3.64. The first-order valence-electron chi connectivity index (χ1n) is 8.04. The van der Waals surface area contributed by atoms with Gasteiger partial charge in [-0.2, -0.15) is 5.26 Å². The first-order valence-corrected chi connectivity index (χ1v) is 8.42. The molecule has 0 radical (unpaired) electrons. The van der Waals surface area contributed by atoms with E-state index in [1.165, 1.54) is 25.7 Å². The summed E-state index contributed by atoms with van der Waals surface area (Å²) in [5, 5.41) is 9.11. The van der Waals surface area contributed by atoms with Gasteiger partial charge in [-0.25, -0.2) is 4.98 Å². The van der Waals surface area contributed by atoms with Crippen LogP contribution in [0.15, 0.2) is 36.4 Å². The van der Waals surface area contributed by atoms with Crippen molar-refractivity contribution in [1.82, 2.24) is 4.98 Å². The zero-order chi connectivity index (χ0) is 16.5. The van der Waals surface area contributed by atoms with E-state index < -0.39 is 0 Å². The lowest BCUT2D eigenvalue weighted by Gasteiger charge is -2.07. The Morgan fingerprint density at radius 2 is 1.78 bits per heavy atom. The molecule has 0 aliphatic carbocycles. The molecule has 0 atom stereocenters. The van der Waals surface area contributed by atoms with Gasteiger partial charge in [-0.05, 0) is 42.8 Å². The highest BCUT2D eigenvalue weighted by molar-refractivity contribution is 6.30. The van der Waals surface area contributed by atoms with Crippen LogP contribution in [-0.4, -0.2) is 11.6 Å². The number of hydrogen-bond acceptors (Lipinski definition) is 3. The number of benzene rings is 1. The predicted molar refractivity (Wildman–Crippen MR) is 93.7 cm³/mol. The molecule has 0 unspecified atom stereocenters. The summed E-state index contributed by atoms with van der Waals surface area (Å²) in [5.74, 6) is 0.865. The number of unbranched alkanes of at least 4 members (excludes halogenated alkanes) is 4. The average molecular weight is 329 g/mol.